The third kappa shape index (κ3) is 3.71. The Morgan fingerprint density at radius 2 is 2.00 bits per heavy atom. The Morgan fingerprint density at radius 3 is 2.63 bits per heavy atom. The van der Waals surface area contributed by atoms with E-state index in [1.54, 1.807) is 0 Å². The van der Waals surface area contributed by atoms with E-state index in [-0.39, 0.29) is 0 Å². The van der Waals surface area contributed by atoms with Crippen molar-refractivity contribution in [2.45, 2.75) is 31.8 Å². The van der Waals surface area contributed by atoms with Crippen molar-refractivity contribution in [3.05, 3.63) is 28.7 Å². The molecule has 1 saturated heterocycles. The standard InChI is InChI=1S/C15H24BrN3/c1-12-8-10-19(14-5-3-13(16)4-6-14)15(7-9-17)11-18(12)2/h3-6,12,15H,7-11,17H2,1-2H3. The van der Waals surface area contributed by atoms with Crippen LogP contribution >= 0.6 is 15.9 Å². The second-order valence-electron chi connectivity index (χ2n) is 5.48. The molecule has 1 aliphatic heterocycles. The van der Waals surface area contributed by atoms with Gasteiger partial charge in [-0.25, -0.2) is 0 Å². The number of nitrogens with zero attached hydrogens (tertiary/aromatic N) is 2. The maximum absolute atomic E-state index is 5.80. The van der Waals surface area contributed by atoms with Crippen molar-refractivity contribution in [1.82, 2.24) is 4.90 Å². The van der Waals surface area contributed by atoms with E-state index in [9.17, 15) is 0 Å². The molecule has 1 heterocycles. The minimum atomic E-state index is 0.515. The molecule has 0 aromatic heterocycles. The van der Waals surface area contributed by atoms with Gasteiger partial charge in [-0.2, -0.15) is 0 Å². The predicted molar refractivity (Wildman–Crippen MR) is 85.7 cm³/mol. The normalized spacial score (nSPS) is 25.4. The second-order valence-corrected chi connectivity index (χ2v) is 6.39. The van der Waals surface area contributed by atoms with Crippen molar-refractivity contribution in [2.24, 2.45) is 5.73 Å². The zero-order valence-corrected chi connectivity index (χ0v) is 13.4. The van der Waals surface area contributed by atoms with Gasteiger partial charge in [-0.1, -0.05) is 15.9 Å². The van der Waals surface area contributed by atoms with Gasteiger partial charge in [0.15, 0.2) is 0 Å². The lowest BCUT2D eigenvalue weighted by molar-refractivity contribution is 0.253. The van der Waals surface area contributed by atoms with Gasteiger partial charge in [0.1, 0.15) is 0 Å². The lowest BCUT2D eigenvalue weighted by Gasteiger charge is -2.33. The molecular weight excluding hydrogens is 302 g/mol. The van der Waals surface area contributed by atoms with Crippen LogP contribution in [0.3, 0.4) is 0 Å². The van der Waals surface area contributed by atoms with Crippen LogP contribution in [0.1, 0.15) is 19.8 Å². The van der Waals surface area contributed by atoms with Gasteiger partial charge < -0.3 is 15.5 Å². The Balaban J connectivity index is 2.21. The average molecular weight is 326 g/mol. The Morgan fingerprint density at radius 1 is 1.32 bits per heavy atom. The highest BCUT2D eigenvalue weighted by Crippen LogP contribution is 2.25. The molecule has 0 radical (unpaired) electrons. The van der Waals surface area contributed by atoms with Crippen molar-refractivity contribution in [3.8, 4) is 0 Å². The van der Waals surface area contributed by atoms with Crippen LogP contribution in [0, 0.1) is 0 Å². The van der Waals surface area contributed by atoms with Gasteiger partial charge in [0.05, 0.1) is 0 Å². The second kappa shape index (κ2) is 6.73. The summed E-state index contributed by atoms with van der Waals surface area (Å²) in [6.07, 6.45) is 2.25. The van der Waals surface area contributed by atoms with Crippen LogP contribution in [0.25, 0.3) is 0 Å². The highest BCUT2D eigenvalue weighted by molar-refractivity contribution is 9.10. The molecule has 19 heavy (non-hydrogen) atoms. The van der Waals surface area contributed by atoms with E-state index in [2.05, 4.69) is 64.0 Å². The number of nitrogens with two attached hydrogens (primary N) is 1. The molecule has 106 valence electrons. The molecule has 0 aliphatic carbocycles. The van der Waals surface area contributed by atoms with Gasteiger partial charge in [0, 0.05) is 35.3 Å². The Hall–Kier alpha value is -0.580. The number of anilines is 1. The van der Waals surface area contributed by atoms with E-state index in [0.29, 0.717) is 12.1 Å². The molecule has 2 unspecified atom stereocenters. The SMILES string of the molecule is CC1CCN(c2ccc(Br)cc2)C(CCN)CN1C. The van der Waals surface area contributed by atoms with Crippen molar-refractivity contribution < 1.29 is 0 Å². The van der Waals surface area contributed by atoms with E-state index < -0.39 is 0 Å². The third-order valence-corrected chi connectivity index (χ3v) is 4.67. The van der Waals surface area contributed by atoms with Crippen molar-refractivity contribution in [1.29, 1.82) is 0 Å². The first kappa shape index (κ1) is 14.8. The summed E-state index contributed by atoms with van der Waals surface area (Å²) in [5.41, 5.74) is 7.11. The molecule has 0 amide bonds. The Bertz CT molecular complexity index is 393. The van der Waals surface area contributed by atoms with E-state index in [0.717, 1.165) is 30.5 Å². The van der Waals surface area contributed by atoms with Crippen LogP contribution in [0.2, 0.25) is 0 Å². The number of benzene rings is 1. The maximum atomic E-state index is 5.80. The zero-order valence-electron chi connectivity index (χ0n) is 11.8. The summed E-state index contributed by atoms with van der Waals surface area (Å²) in [6.45, 7) is 5.26. The molecule has 1 aliphatic rings. The van der Waals surface area contributed by atoms with Gasteiger partial charge in [0.2, 0.25) is 0 Å². The smallest absolute Gasteiger partial charge is 0.0429 e. The number of likely N-dealkylation sites (N-methyl/N-ethyl adjacent to an activating group) is 1. The summed E-state index contributed by atoms with van der Waals surface area (Å²) in [5, 5.41) is 0. The summed E-state index contributed by atoms with van der Waals surface area (Å²) in [5.74, 6) is 0. The molecule has 0 bridgehead atoms. The summed E-state index contributed by atoms with van der Waals surface area (Å²) >= 11 is 3.50. The Labute approximate surface area is 124 Å². The first-order chi connectivity index (χ1) is 9.11. The van der Waals surface area contributed by atoms with E-state index in [1.807, 2.05) is 0 Å². The summed E-state index contributed by atoms with van der Waals surface area (Å²) in [4.78, 5) is 4.98. The first-order valence-electron chi connectivity index (χ1n) is 7.04. The monoisotopic (exact) mass is 325 g/mol. The van der Waals surface area contributed by atoms with Crippen LogP contribution in [0.15, 0.2) is 28.7 Å². The molecule has 0 saturated carbocycles. The van der Waals surface area contributed by atoms with Crippen LogP contribution in [-0.2, 0) is 0 Å². The number of hydrogen-bond donors (Lipinski definition) is 1. The fourth-order valence-corrected chi connectivity index (χ4v) is 3.02. The topological polar surface area (TPSA) is 32.5 Å². The van der Waals surface area contributed by atoms with Gasteiger partial charge in [-0.3, -0.25) is 0 Å². The molecule has 4 heteroatoms. The fraction of sp³-hybridized carbons (Fsp3) is 0.600. The van der Waals surface area contributed by atoms with Gasteiger partial charge in [-0.05, 0) is 57.6 Å². The minimum Gasteiger partial charge on any atom is -0.367 e. The lowest BCUT2D eigenvalue weighted by atomic mass is 10.1. The van der Waals surface area contributed by atoms with Crippen molar-refractivity contribution in [2.75, 3.05) is 31.6 Å². The maximum Gasteiger partial charge on any atom is 0.0429 e. The molecule has 2 atom stereocenters. The van der Waals surface area contributed by atoms with Gasteiger partial charge in [-0.15, -0.1) is 0 Å². The zero-order chi connectivity index (χ0) is 13.8. The van der Waals surface area contributed by atoms with E-state index in [4.69, 9.17) is 5.73 Å². The molecule has 2 N–H and O–H groups in total. The highest BCUT2D eigenvalue weighted by Gasteiger charge is 2.26. The van der Waals surface area contributed by atoms with E-state index in [1.165, 1.54) is 12.1 Å². The summed E-state index contributed by atoms with van der Waals surface area (Å²) < 4.78 is 1.13. The van der Waals surface area contributed by atoms with Crippen molar-refractivity contribution in [3.63, 3.8) is 0 Å². The number of rotatable bonds is 3. The molecular formula is C15H24BrN3. The quantitative estimate of drug-likeness (QED) is 0.927. The summed E-state index contributed by atoms with van der Waals surface area (Å²) in [7, 11) is 2.22. The van der Waals surface area contributed by atoms with Crippen LogP contribution in [-0.4, -0.2) is 43.7 Å². The molecule has 1 aromatic carbocycles. The van der Waals surface area contributed by atoms with Crippen LogP contribution < -0.4 is 10.6 Å². The average Bonchev–Trinajstić information content (AvgIpc) is 2.52. The highest BCUT2D eigenvalue weighted by atomic mass is 79.9. The molecule has 2 rings (SSSR count). The summed E-state index contributed by atoms with van der Waals surface area (Å²) in [6, 6.07) is 9.79. The number of halogens is 1. The van der Waals surface area contributed by atoms with Crippen LogP contribution in [0.4, 0.5) is 5.69 Å². The fourth-order valence-electron chi connectivity index (χ4n) is 2.75. The van der Waals surface area contributed by atoms with E-state index >= 15 is 0 Å². The molecule has 0 spiro atoms. The molecule has 1 aromatic rings. The van der Waals surface area contributed by atoms with Crippen molar-refractivity contribution >= 4 is 21.6 Å². The van der Waals surface area contributed by atoms with Crippen LogP contribution in [0.5, 0.6) is 0 Å². The Kier molecular flexibility index (Phi) is 5.25. The third-order valence-electron chi connectivity index (χ3n) is 4.14. The first-order valence-corrected chi connectivity index (χ1v) is 7.83. The largest absolute Gasteiger partial charge is 0.367 e. The molecule has 1 fully saturated rings. The number of hydrogen-bond acceptors (Lipinski definition) is 3. The molecule has 3 nitrogen and oxygen atoms in total. The predicted octanol–water partition coefficient (Wildman–Crippen LogP) is 2.70. The lowest BCUT2D eigenvalue weighted by Crippen LogP contribution is -2.42. The van der Waals surface area contributed by atoms with Gasteiger partial charge >= 0.3 is 0 Å². The minimum absolute atomic E-state index is 0.515. The van der Waals surface area contributed by atoms with Gasteiger partial charge in [0.25, 0.3) is 0 Å².